The Bertz CT molecular complexity index is 671. The van der Waals surface area contributed by atoms with Gasteiger partial charge in [-0.3, -0.25) is 14.9 Å². The maximum atomic E-state index is 12.0. The molecule has 2 rings (SSSR count). The molecule has 0 spiro atoms. The van der Waals surface area contributed by atoms with Gasteiger partial charge in [0.2, 0.25) is 0 Å². The first-order valence-corrected chi connectivity index (χ1v) is 6.31. The summed E-state index contributed by atoms with van der Waals surface area (Å²) in [6.07, 6.45) is 0. The summed E-state index contributed by atoms with van der Waals surface area (Å²) in [6, 6.07) is 10.0. The third kappa shape index (κ3) is 3.12. The number of nitrogens with zero attached hydrogens (tertiary/aromatic N) is 1. The van der Waals surface area contributed by atoms with Gasteiger partial charge in [0.25, 0.3) is 11.6 Å². The van der Waals surface area contributed by atoms with E-state index in [9.17, 15) is 14.9 Å². The van der Waals surface area contributed by atoms with Crippen LogP contribution in [-0.4, -0.2) is 15.9 Å². The van der Waals surface area contributed by atoms with Gasteiger partial charge in [-0.05, 0) is 52.3 Å². The number of phenols is 1. The molecule has 0 atom stereocenters. The predicted molar refractivity (Wildman–Crippen MR) is 76.9 cm³/mol. The summed E-state index contributed by atoms with van der Waals surface area (Å²) >= 11 is 3.05. The smallest absolute Gasteiger partial charge is 0.284 e. The Labute approximate surface area is 122 Å². The van der Waals surface area contributed by atoms with Gasteiger partial charge >= 0.3 is 0 Å². The normalized spacial score (nSPS) is 10.1. The summed E-state index contributed by atoms with van der Waals surface area (Å²) in [5, 5.41) is 22.5. The molecule has 7 heteroatoms. The Morgan fingerprint density at radius 3 is 2.45 bits per heavy atom. The number of benzene rings is 2. The standard InChI is InChI=1S/C13H9BrN2O4/c14-11-6-1-8(7-12(11)16(19)20)13(18)15-9-2-4-10(17)5-3-9/h1-7,17H,(H,15,18). The van der Waals surface area contributed by atoms with E-state index >= 15 is 0 Å². The molecule has 102 valence electrons. The number of rotatable bonds is 3. The van der Waals surface area contributed by atoms with Gasteiger partial charge in [0, 0.05) is 17.3 Å². The van der Waals surface area contributed by atoms with Gasteiger partial charge in [-0.2, -0.15) is 0 Å². The number of aromatic hydroxyl groups is 1. The highest BCUT2D eigenvalue weighted by atomic mass is 79.9. The zero-order chi connectivity index (χ0) is 14.7. The number of carbonyl (C=O) groups is 1. The number of nitro groups is 1. The van der Waals surface area contributed by atoms with Crippen LogP contribution in [0.2, 0.25) is 0 Å². The molecule has 20 heavy (non-hydrogen) atoms. The molecular formula is C13H9BrN2O4. The van der Waals surface area contributed by atoms with Gasteiger partial charge in [0.15, 0.2) is 0 Å². The fourth-order valence-corrected chi connectivity index (χ4v) is 1.93. The number of phenolic OH excluding ortho intramolecular Hbond substituents is 1. The van der Waals surface area contributed by atoms with Crippen molar-refractivity contribution in [3.05, 3.63) is 62.6 Å². The van der Waals surface area contributed by atoms with E-state index in [0.29, 0.717) is 10.2 Å². The van der Waals surface area contributed by atoms with Crippen molar-refractivity contribution in [2.24, 2.45) is 0 Å². The molecule has 1 amide bonds. The molecule has 0 bridgehead atoms. The number of halogens is 1. The average molecular weight is 337 g/mol. The van der Waals surface area contributed by atoms with Crippen molar-refractivity contribution in [3.8, 4) is 5.75 Å². The Hall–Kier alpha value is -2.41. The second-order valence-corrected chi connectivity index (χ2v) is 4.78. The molecule has 0 aromatic heterocycles. The van der Waals surface area contributed by atoms with Crippen LogP contribution in [0, 0.1) is 10.1 Å². The van der Waals surface area contributed by atoms with Crippen molar-refractivity contribution in [2.75, 3.05) is 5.32 Å². The Balaban J connectivity index is 2.23. The Morgan fingerprint density at radius 1 is 1.20 bits per heavy atom. The topological polar surface area (TPSA) is 92.5 Å². The molecule has 0 saturated heterocycles. The van der Waals surface area contributed by atoms with Crippen molar-refractivity contribution in [1.29, 1.82) is 0 Å². The second-order valence-electron chi connectivity index (χ2n) is 3.92. The fourth-order valence-electron chi connectivity index (χ4n) is 1.54. The molecule has 2 N–H and O–H groups in total. The highest BCUT2D eigenvalue weighted by Crippen LogP contribution is 2.26. The lowest BCUT2D eigenvalue weighted by Gasteiger charge is -2.05. The van der Waals surface area contributed by atoms with Crippen molar-refractivity contribution < 1.29 is 14.8 Å². The number of hydrogen-bond acceptors (Lipinski definition) is 4. The molecule has 0 radical (unpaired) electrons. The van der Waals surface area contributed by atoms with E-state index in [1.165, 1.54) is 42.5 Å². The van der Waals surface area contributed by atoms with Gasteiger partial charge < -0.3 is 10.4 Å². The second kappa shape index (κ2) is 5.70. The van der Waals surface area contributed by atoms with Crippen molar-refractivity contribution >= 4 is 33.2 Å². The van der Waals surface area contributed by atoms with Crippen LogP contribution in [0.5, 0.6) is 5.75 Å². The highest BCUT2D eigenvalue weighted by Gasteiger charge is 2.16. The number of carbonyl (C=O) groups excluding carboxylic acids is 1. The van der Waals surface area contributed by atoms with E-state index < -0.39 is 10.8 Å². The van der Waals surface area contributed by atoms with Gasteiger partial charge in [0.1, 0.15) is 5.75 Å². The van der Waals surface area contributed by atoms with Crippen LogP contribution >= 0.6 is 15.9 Å². The number of nitro benzene ring substituents is 1. The third-order valence-electron chi connectivity index (χ3n) is 2.53. The molecule has 0 aliphatic carbocycles. The SMILES string of the molecule is O=C(Nc1ccc(O)cc1)c1ccc(Br)c([N+](=O)[O-])c1. The van der Waals surface area contributed by atoms with E-state index in [0.717, 1.165) is 0 Å². The van der Waals surface area contributed by atoms with Crippen LogP contribution in [0.4, 0.5) is 11.4 Å². The van der Waals surface area contributed by atoms with Crippen LogP contribution in [-0.2, 0) is 0 Å². The lowest BCUT2D eigenvalue weighted by Crippen LogP contribution is -2.12. The maximum Gasteiger partial charge on any atom is 0.284 e. The number of amides is 1. The molecule has 2 aromatic carbocycles. The first kappa shape index (κ1) is 14.0. The minimum absolute atomic E-state index is 0.0854. The third-order valence-corrected chi connectivity index (χ3v) is 3.20. The summed E-state index contributed by atoms with van der Waals surface area (Å²) in [5.41, 5.74) is 0.481. The molecule has 0 aliphatic heterocycles. The summed E-state index contributed by atoms with van der Waals surface area (Å²) < 4.78 is 0.309. The van der Waals surface area contributed by atoms with E-state index in [2.05, 4.69) is 21.2 Å². The van der Waals surface area contributed by atoms with Crippen LogP contribution in [0.15, 0.2) is 46.9 Å². The quantitative estimate of drug-likeness (QED) is 0.510. The first-order chi connectivity index (χ1) is 9.47. The van der Waals surface area contributed by atoms with Crippen molar-refractivity contribution in [3.63, 3.8) is 0 Å². The largest absolute Gasteiger partial charge is 0.508 e. The molecule has 0 unspecified atom stereocenters. The summed E-state index contributed by atoms with van der Waals surface area (Å²) in [7, 11) is 0. The first-order valence-electron chi connectivity index (χ1n) is 5.51. The highest BCUT2D eigenvalue weighted by molar-refractivity contribution is 9.10. The Kier molecular flexibility index (Phi) is 3.99. The lowest BCUT2D eigenvalue weighted by molar-refractivity contribution is -0.385. The molecule has 0 fully saturated rings. The van der Waals surface area contributed by atoms with Crippen LogP contribution in [0.25, 0.3) is 0 Å². The van der Waals surface area contributed by atoms with Gasteiger partial charge in [0.05, 0.1) is 9.40 Å². The minimum Gasteiger partial charge on any atom is -0.508 e. The molecular weight excluding hydrogens is 328 g/mol. The van der Waals surface area contributed by atoms with Crippen molar-refractivity contribution in [1.82, 2.24) is 0 Å². The number of anilines is 1. The van der Waals surface area contributed by atoms with Crippen LogP contribution in [0.1, 0.15) is 10.4 Å². The minimum atomic E-state index is -0.568. The van der Waals surface area contributed by atoms with E-state index in [-0.39, 0.29) is 17.0 Å². The molecule has 2 aromatic rings. The van der Waals surface area contributed by atoms with Crippen LogP contribution in [0.3, 0.4) is 0 Å². The average Bonchev–Trinajstić information content (AvgIpc) is 2.41. The van der Waals surface area contributed by atoms with E-state index in [4.69, 9.17) is 5.11 Å². The van der Waals surface area contributed by atoms with Crippen LogP contribution < -0.4 is 5.32 Å². The van der Waals surface area contributed by atoms with E-state index in [1.54, 1.807) is 0 Å². The Morgan fingerprint density at radius 2 is 1.85 bits per heavy atom. The zero-order valence-electron chi connectivity index (χ0n) is 10.0. The van der Waals surface area contributed by atoms with E-state index in [1.807, 2.05) is 0 Å². The fraction of sp³-hybridized carbons (Fsp3) is 0. The molecule has 0 heterocycles. The molecule has 0 saturated carbocycles. The number of nitrogens with one attached hydrogen (secondary N) is 1. The summed E-state index contributed by atoms with van der Waals surface area (Å²) in [4.78, 5) is 22.2. The number of hydrogen-bond donors (Lipinski definition) is 2. The van der Waals surface area contributed by atoms with Gasteiger partial charge in [-0.15, -0.1) is 0 Å². The molecule has 6 nitrogen and oxygen atoms in total. The summed E-state index contributed by atoms with van der Waals surface area (Å²) in [5.74, 6) is -0.381. The zero-order valence-corrected chi connectivity index (χ0v) is 11.6. The maximum absolute atomic E-state index is 12.0. The van der Waals surface area contributed by atoms with Crippen molar-refractivity contribution in [2.45, 2.75) is 0 Å². The summed E-state index contributed by atoms with van der Waals surface area (Å²) in [6.45, 7) is 0. The molecule has 0 aliphatic rings. The van der Waals surface area contributed by atoms with Gasteiger partial charge in [-0.25, -0.2) is 0 Å². The monoisotopic (exact) mass is 336 g/mol. The lowest BCUT2D eigenvalue weighted by atomic mass is 10.2. The predicted octanol–water partition coefficient (Wildman–Crippen LogP) is 3.32. The van der Waals surface area contributed by atoms with Gasteiger partial charge in [-0.1, -0.05) is 0 Å².